The second-order valence-corrected chi connectivity index (χ2v) is 6.04. The molecule has 0 unspecified atom stereocenters. The first kappa shape index (κ1) is 16.8. The summed E-state index contributed by atoms with van der Waals surface area (Å²) in [6, 6.07) is 17.8. The number of rotatable bonds is 5. The van der Waals surface area contributed by atoms with Gasteiger partial charge in [0.2, 0.25) is 6.79 Å². The molecule has 2 N–H and O–H groups in total. The predicted octanol–water partition coefficient (Wildman–Crippen LogP) is 4.07. The molecule has 1 heterocycles. The second-order valence-electron chi connectivity index (χ2n) is 6.04. The first-order chi connectivity index (χ1) is 13.1. The molecule has 4 rings (SSSR count). The lowest BCUT2D eigenvalue weighted by molar-refractivity contribution is 0.0693. The summed E-state index contributed by atoms with van der Waals surface area (Å²) in [5, 5.41) is 18.6. The van der Waals surface area contributed by atoms with Crippen molar-refractivity contribution >= 4 is 5.97 Å². The maximum absolute atomic E-state index is 10.9. The third-order valence-electron chi connectivity index (χ3n) is 4.26. The Bertz CT molecular complexity index is 994. The largest absolute Gasteiger partial charge is 0.507 e. The van der Waals surface area contributed by atoms with Gasteiger partial charge in [-0.1, -0.05) is 30.3 Å². The van der Waals surface area contributed by atoms with Gasteiger partial charge in [-0.2, -0.15) is 0 Å². The number of hydrogen-bond donors (Lipinski definition) is 2. The molecule has 0 aliphatic carbocycles. The molecule has 0 aromatic heterocycles. The molecule has 6 nitrogen and oxygen atoms in total. The van der Waals surface area contributed by atoms with Crippen LogP contribution in [0.15, 0.2) is 60.7 Å². The summed E-state index contributed by atoms with van der Waals surface area (Å²) in [5.74, 6) is 0.388. The second kappa shape index (κ2) is 6.92. The number of fused-ring (bicyclic) bond motifs is 1. The summed E-state index contributed by atoms with van der Waals surface area (Å²) >= 11 is 0. The topological polar surface area (TPSA) is 85.2 Å². The number of benzene rings is 3. The standard InChI is InChI=1S/C21H16O6/c22-18-10-16(6-7-17(18)21(23)24)25-11-13-1-3-14(4-2-13)15-5-8-19-20(9-15)27-12-26-19/h1-10,22H,11-12H2,(H,23,24). The molecule has 0 atom stereocenters. The van der Waals surface area contributed by atoms with Gasteiger partial charge in [0.25, 0.3) is 0 Å². The van der Waals surface area contributed by atoms with E-state index in [4.69, 9.17) is 19.3 Å². The third-order valence-corrected chi connectivity index (χ3v) is 4.26. The van der Waals surface area contributed by atoms with E-state index < -0.39 is 5.97 Å². The van der Waals surface area contributed by atoms with Crippen molar-refractivity contribution in [3.8, 4) is 34.1 Å². The van der Waals surface area contributed by atoms with Crippen molar-refractivity contribution in [2.24, 2.45) is 0 Å². The average Bonchev–Trinajstić information content (AvgIpc) is 3.14. The molecular formula is C21H16O6. The summed E-state index contributed by atoms with van der Waals surface area (Å²) in [6.45, 7) is 0.547. The van der Waals surface area contributed by atoms with E-state index in [2.05, 4.69) is 0 Å². The molecule has 0 bridgehead atoms. The molecule has 1 aliphatic heterocycles. The highest BCUT2D eigenvalue weighted by molar-refractivity contribution is 5.90. The first-order valence-electron chi connectivity index (χ1n) is 8.28. The van der Waals surface area contributed by atoms with Crippen LogP contribution < -0.4 is 14.2 Å². The minimum Gasteiger partial charge on any atom is -0.507 e. The maximum atomic E-state index is 10.9. The lowest BCUT2D eigenvalue weighted by Crippen LogP contribution is -1.99. The highest BCUT2D eigenvalue weighted by atomic mass is 16.7. The van der Waals surface area contributed by atoms with Gasteiger partial charge in [0.15, 0.2) is 11.5 Å². The lowest BCUT2D eigenvalue weighted by atomic mass is 10.0. The normalized spacial score (nSPS) is 12.0. The van der Waals surface area contributed by atoms with Gasteiger partial charge in [0.1, 0.15) is 23.7 Å². The fourth-order valence-electron chi connectivity index (χ4n) is 2.82. The fourth-order valence-corrected chi connectivity index (χ4v) is 2.82. The molecule has 3 aromatic rings. The van der Waals surface area contributed by atoms with Gasteiger partial charge >= 0.3 is 5.97 Å². The summed E-state index contributed by atoms with van der Waals surface area (Å²) in [4.78, 5) is 10.9. The van der Waals surface area contributed by atoms with Crippen molar-refractivity contribution in [1.82, 2.24) is 0 Å². The Kier molecular flexibility index (Phi) is 4.30. The van der Waals surface area contributed by atoms with Crippen LogP contribution in [0.3, 0.4) is 0 Å². The maximum Gasteiger partial charge on any atom is 0.339 e. The zero-order valence-corrected chi connectivity index (χ0v) is 14.2. The summed E-state index contributed by atoms with van der Waals surface area (Å²) in [7, 11) is 0. The number of carboxylic acid groups (broad SMARTS) is 1. The number of carboxylic acids is 1. The Labute approximate surface area is 155 Å². The zero-order valence-electron chi connectivity index (χ0n) is 14.2. The van der Waals surface area contributed by atoms with Crippen LogP contribution in [0.4, 0.5) is 0 Å². The van der Waals surface area contributed by atoms with E-state index in [1.165, 1.54) is 18.2 Å². The van der Waals surface area contributed by atoms with Crippen molar-refractivity contribution in [3.05, 3.63) is 71.8 Å². The van der Waals surface area contributed by atoms with E-state index in [9.17, 15) is 9.90 Å². The molecule has 0 fully saturated rings. The number of aromatic hydroxyl groups is 1. The molecule has 3 aromatic carbocycles. The van der Waals surface area contributed by atoms with Crippen molar-refractivity contribution in [2.75, 3.05) is 6.79 Å². The van der Waals surface area contributed by atoms with Crippen LogP contribution in [0.25, 0.3) is 11.1 Å². The van der Waals surface area contributed by atoms with Crippen molar-refractivity contribution < 1.29 is 29.2 Å². The first-order valence-corrected chi connectivity index (χ1v) is 8.28. The van der Waals surface area contributed by atoms with E-state index in [1.54, 1.807) is 0 Å². The Balaban J connectivity index is 1.44. The van der Waals surface area contributed by atoms with E-state index in [0.29, 0.717) is 12.4 Å². The van der Waals surface area contributed by atoms with Crippen LogP contribution in [0.5, 0.6) is 23.0 Å². The van der Waals surface area contributed by atoms with Gasteiger partial charge in [-0.25, -0.2) is 4.79 Å². The van der Waals surface area contributed by atoms with Crippen LogP contribution in [-0.2, 0) is 6.61 Å². The summed E-state index contributed by atoms with van der Waals surface area (Å²) in [6.07, 6.45) is 0. The number of phenols is 1. The SMILES string of the molecule is O=C(O)c1ccc(OCc2ccc(-c3ccc4c(c3)OCO4)cc2)cc1O. The summed E-state index contributed by atoms with van der Waals surface area (Å²) < 4.78 is 16.4. The van der Waals surface area contributed by atoms with Gasteiger partial charge in [0.05, 0.1) is 0 Å². The monoisotopic (exact) mass is 364 g/mol. The predicted molar refractivity (Wildman–Crippen MR) is 97.4 cm³/mol. The Hall–Kier alpha value is -3.67. The number of ether oxygens (including phenoxy) is 3. The number of hydrogen-bond acceptors (Lipinski definition) is 5. The molecule has 0 spiro atoms. The Morgan fingerprint density at radius 1 is 0.926 bits per heavy atom. The molecule has 0 radical (unpaired) electrons. The quantitative estimate of drug-likeness (QED) is 0.710. The van der Waals surface area contributed by atoms with Crippen LogP contribution in [-0.4, -0.2) is 23.0 Å². The molecule has 0 amide bonds. The Morgan fingerprint density at radius 3 is 2.41 bits per heavy atom. The van der Waals surface area contributed by atoms with Crippen LogP contribution in [0.2, 0.25) is 0 Å². The molecule has 6 heteroatoms. The van der Waals surface area contributed by atoms with Gasteiger partial charge in [-0.05, 0) is 41.0 Å². The number of aromatic carboxylic acids is 1. The van der Waals surface area contributed by atoms with Crippen molar-refractivity contribution in [2.45, 2.75) is 6.61 Å². The number of carbonyl (C=O) groups is 1. The fraction of sp³-hybridized carbons (Fsp3) is 0.0952. The molecule has 0 saturated heterocycles. The highest BCUT2D eigenvalue weighted by Gasteiger charge is 2.14. The third kappa shape index (κ3) is 3.50. The van der Waals surface area contributed by atoms with E-state index in [1.807, 2.05) is 42.5 Å². The van der Waals surface area contributed by atoms with E-state index in [-0.39, 0.29) is 18.1 Å². The molecule has 136 valence electrons. The van der Waals surface area contributed by atoms with Gasteiger partial charge in [-0.3, -0.25) is 0 Å². The zero-order chi connectivity index (χ0) is 18.8. The van der Waals surface area contributed by atoms with E-state index >= 15 is 0 Å². The molecule has 1 aliphatic rings. The smallest absolute Gasteiger partial charge is 0.339 e. The lowest BCUT2D eigenvalue weighted by Gasteiger charge is -2.09. The molecule has 27 heavy (non-hydrogen) atoms. The van der Waals surface area contributed by atoms with Gasteiger partial charge in [0, 0.05) is 6.07 Å². The Morgan fingerprint density at radius 2 is 1.67 bits per heavy atom. The molecular weight excluding hydrogens is 348 g/mol. The summed E-state index contributed by atoms with van der Waals surface area (Å²) in [5.41, 5.74) is 2.86. The van der Waals surface area contributed by atoms with Crippen molar-refractivity contribution in [1.29, 1.82) is 0 Å². The van der Waals surface area contributed by atoms with Gasteiger partial charge < -0.3 is 24.4 Å². The highest BCUT2D eigenvalue weighted by Crippen LogP contribution is 2.36. The van der Waals surface area contributed by atoms with Gasteiger partial charge in [-0.15, -0.1) is 0 Å². The van der Waals surface area contributed by atoms with Crippen molar-refractivity contribution in [3.63, 3.8) is 0 Å². The minimum atomic E-state index is -1.18. The average molecular weight is 364 g/mol. The van der Waals surface area contributed by atoms with Crippen LogP contribution in [0, 0.1) is 0 Å². The van der Waals surface area contributed by atoms with Crippen LogP contribution >= 0.6 is 0 Å². The van der Waals surface area contributed by atoms with E-state index in [0.717, 1.165) is 28.2 Å². The van der Waals surface area contributed by atoms with Crippen LogP contribution in [0.1, 0.15) is 15.9 Å². The minimum absolute atomic E-state index is 0.157. The molecule has 0 saturated carbocycles.